The molecule has 1 aromatic heterocycles. The topological polar surface area (TPSA) is 112 Å². The quantitative estimate of drug-likeness (QED) is 0.211. The molecule has 32 heavy (non-hydrogen) atoms. The number of nitro groups is 1. The van der Waals surface area contributed by atoms with Crippen LogP contribution in [0.4, 0.5) is 11.4 Å². The first-order valence-corrected chi connectivity index (χ1v) is 10.8. The number of hydrogen-bond acceptors (Lipinski definition) is 7. The first-order chi connectivity index (χ1) is 15.4. The molecule has 0 aliphatic heterocycles. The van der Waals surface area contributed by atoms with Gasteiger partial charge in [0.1, 0.15) is 18.0 Å². The Labute approximate surface area is 189 Å². The highest BCUT2D eigenvalue weighted by atomic mass is 32.2. The van der Waals surface area contributed by atoms with E-state index in [0.717, 1.165) is 16.9 Å². The van der Waals surface area contributed by atoms with Gasteiger partial charge in [0.05, 0.1) is 10.7 Å². The van der Waals surface area contributed by atoms with Gasteiger partial charge in [-0.2, -0.15) is 0 Å². The van der Waals surface area contributed by atoms with E-state index in [4.69, 9.17) is 4.74 Å². The maximum Gasteiger partial charge on any atom is 0.292 e. The average Bonchev–Trinajstić information content (AvgIpc) is 3.14. The molecule has 2 aromatic carbocycles. The van der Waals surface area contributed by atoms with E-state index in [9.17, 15) is 14.9 Å². The lowest BCUT2D eigenvalue weighted by atomic mass is 10.1. The van der Waals surface area contributed by atoms with Crippen LogP contribution in [0.3, 0.4) is 0 Å². The number of aromatic nitrogens is 3. The summed E-state index contributed by atoms with van der Waals surface area (Å²) in [5, 5.41) is 22.6. The van der Waals surface area contributed by atoms with Crippen LogP contribution in [-0.4, -0.2) is 31.3 Å². The Morgan fingerprint density at radius 2 is 2.06 bits per heavy atom. The second kappa shape index (κ2) is 10.6. The Morgan fingerprint density at radius 3 is 2.78 bits per heavy atom. The molecule has 9 nitrogen and oxygen atoms in total. The van der Waals surface area contributed by atoms with Gasteiger partial charge in [0.15, 0.2) is 11.0 Å². The summed E-state index contributed by atoms with van der Waals surface area (Å²) in [7, 11) is 0. The Morgan fingerprint density at radius 1 is 1.28 bits per heavy atom. The molecule has 0 radical (unpaired) electrons. The molecule has 0 saturated heterocycles. The molecule has 166 valence electrons. The van der Waals surface area contributed by atoms with Crippen molar-refractivity contribution in [2.45, 2.75) is 32.2 Å². The van der Waals surface area contributed by atoms with Crippen LogP contribution in [0.25, 0.3) is 0 Å². The van der Waals surface area contributed by atoms with Crippen LogP contribution in [-0.2, 0) is 17.9 Å². The molecule has 0 aliphatic rings. The predicted molar refractivity (Wildman–Crippen MR) is 123 cm³/mol. The SMILES string of the molecule is C=CCn1c(COc2ccc(C)cc2C)nnc1SCC(=O)Nc1ccccc1[N+](=O)[O-]. The molecule has 0 aliphatic carbocycles. The number of aryl methyl sites for hydroxylation is 2. The average molecular weight is 454 g/mol. The molecule has 3 aromatic rings. The van der Waals surface area contributed by atoms with Gasteiger partial charge in [-0.1, -0.05) is 47.7 Å². The zero-order chi connectivity index (χ0) is 23.1. The van der Waals surface area contributed by atoms with E-state index in [1.807, 2.05) is 36.6 Å². The van der Waals surface area contributed by atoms with Crippen LogP contribution in [0, 0.1) is 24.0 Å². The maximum absolute atomic E-state index is 12.4. The van der Waals surface area contributed by atoms with Crippen LogP contribution >= 0.6 is 11.8 Å². The van der Waals surface area contributed by atoms with Crippen LogP contribution in [0.2, 0.25) is 0 Å². The van der Waals surface area contributed by atoms with Crippen molar-refractivity contribution < 1.29 is 14.5 Å². The van der Waals surface area contributed by atoms with E-state index in [1.54, 1.807) is 18.2 Å². The number of para-hydroxylation sites is 2. The molecule has 0 spiro atoms. The summed E-state index contributed by atoms with van der Waals surface area (Å²) < 4.78 is 7.73. The fourth-order valence-corrected chi connectivity index (χ4v) is 3.77. The van der Waals surface area contributed by atoms with Crippen molar-refractivity contribution in [3.05, 3.63) is 82.2 Å². The fraction of sp³-hybridized carbons (Fsp3) is 0.227. The highest BCUT2D eigenvalue weighted by Gasteiger charge is 2.17. The van der Waals surface area contributed by atoms with E-state index in [0.29, 0.717) is 17.5 Å². The standard InChI is InChI=1S/C22H23N5O4S/c1-4-11-26-20(13-31-19-10-9-15(2)12-16(19)3)24-25-22(26)32-14-21(28)23-17-7-5-6-8-18(17)27(29)30/h4-10,12H,1,11,13-14H2,2-3H3,(H,23,28). The Bertz CT molecular complexity index is 1150. The van der Waals surface area contributed by atoms with E-state index < -0.39 is 4.92 Å². The first kappa shape index (κ1) is 23.0. The second-order valence-electron chi connectivity index (χ2n) is 6.97. The van der Waals surface area contributed by atoms with Crippen molar-refractivity contribution in [1.29, 1.82) is 0 Å². The third kappa shape index (κ3) is 5.73. The van der Waals surface area contributed by atoms with Gasteiger partial charge in [-0.3, -0.25) is 19.5 Å². The molecule has 0 fully saturated rings. The van der Waals surface area contributed by atoms with Crippen molar-refractivity contribution in [2.75, 3.05) is 11.1 Å². The van der Waals surface area contributed by atoms with E-state index in [1.165, 1.54) is 23.9 Å². The number of nitrogens with one attached hydrogen (secondary N) is 1. The minimum atomic E-state index is -0.536. The highest BCUT2D eigenvalue weighted by molar-refractivity contribution is 7.99. The molecule has 3 rings (SSSR count). The molecule has 0 saturated carbocycles. The maximum atomic E-state index is 12.4. The van der Waals surface area contributed by atoms with E-state index >= 15 is 0 Å². The van der Waals surface area contributed by atoms with Crippen molar-refractivity contribution >= 4 is 29.0 Å². The molecule has 0 unspecified atom stereocenters. The Hall–Kier alpha value is -3.66. The minimum absolute atomic E-state index is 0.0131. The van der Waals surface area contributed by atoms with E-state index in [-0.39, 0.29) is 29.6 Å². The Balaban J connectivity index is 1.65. The molecule has 1 heterocycles. The zero-order valence-electron chi connectivity index (χ0n) is 17.8. The number of carbonyl (C=O) groups is 1. The molecule has 0 bridgehead atoms. The number of rotatable bonds is 10. The zero-order valence-corrected chi connectivity index (χ0v) is 18.6. The molecular formula is C22H23N5O4S. The van der Waals surface area contributed by atoms with Crippen LogP contribution in [0.1, 0.15) is 17.0 Å². The van der Waals surface area contributed by atoms with Crippen molar-refractivity contribution in [2.24, 2.45) is 0 Å². The van der Waals surface area contributed by atoms with Gasteiger partial charge in [0.2, 0.25) is 5.91 Å². The third-order valence-corrected chi connectivity index (χ3v) is 5.47. The highest BCUT2D eigenvalue weighted by Crippen LogP contribution is 2.25. The number of benzene rings is 2. The molecule has 1 N–H and O–H groups in total. The van der Waals surface area contributed by atoms with Crippen molar-refractivity contribution in [1.82, 2.24) is 14.8 Å². The summed E-state index contributed by atoms with van der Waals surface area (Å²) in [5.74, 6) is 0.998. The number of thioether (sulfide) groups is 1. The number of anilines is 1. The number of hydrogen-bond donors (Lipinski definition) is 1. The Kier molecular flexibility index (Phi) is 7.61. The lowest BCUT2D eigenvalue weighted by Crippen LogP contribution is -2.16. The fourth-order valence-electron chi connectivity index (χ4n) is 3.00. The second-order valence-corrected chi connectivity index (χ2v) is 7.91. The molecule has 10 heteroatoms. The van der Waals surface area contributed by atoms with Crippen molar-refractivity contribution in [3.63, 3.8) is 0 Å². The molecular weight excluding hydrogens is 430 g/mol. The summed E-state index contributed by atoms with van der Waals surface area (Å²) in [4.78, 5) is 22.9. The molecule has 1 amide bonds. The number of nitro benzene ring substituents is 1. The summed E-state index contributed by atoms with van der Waals surface area (Å²) in [6.07, 6.45) is 1.71. The number of amides is 1. The van der Waals surface area contributed by atoms with E-state index in [2.05, 4.69) is 22.1 Å². The van der Waals surface area contributed by atoms with Crippen molar-refractivity contribution in [3.8, 4) is 5.75 Å². The van der Waals surface area contributed by atoms with Gasteiger partial charge in [-0.25, -0.2) is 0 Å². The smallest absolute Gasteiger partial charge is 0.292 e. The number of carbonyl (C=O) groups excluding carboxylic acids is 1. The van der Waals surface area contributed by atoms with Gasteiger partial charge in [-0.15, -0.1) is 16.8 Å². The number of allylic oxidation sites excluding steroid dienone is 1. The van der Waals surface area contributed by atoms with Gasteiger partial charge in [-0.05, 0) is 31.5 Å². The van der Waals surface area contributed by atoms with Gasteiger partial charge >= 0.3 is 0 Å². The summed E-state index contributed by atoms with van der Waals surface area (Å²) in [6, 6.07) is 11.9. The number of nitrogens with zero attached hydrogens (tertiary/aromatic N) is 4. The largest absolute Gasteiger partial charge is 0.485 e. The van der Waals surface area contributed by atoms with Gasteiger partial charge in [0.25, 0.3) is 5.69 Å². The lowest BCUT2D eigenvalue weighted by molar-refractivity contribution is -0.383. The lowest BCUT2D eigenvalue weighted by Gasteiger charge is -2.11. The summed E-state index contributed by atoms with van der Waals surface area (Å²) >= 11 is 1.18. The summed E-state index contributed by atoms with van der Waals surface area (Å²) in [5.41, 5.74) is 2.17. The number of ether oxygens (including phenoxy) is 1. The summed E-state index contributed by atoms with van der Waals surface area (Å²) in [6.45, 7) is 8.44. The van der Waals surface area contributed by atoms with Crippen LogP contribution in [0.5, 0.6) is 5.75 Å². The monoisotopic (exact) mass is 453 g/mol. The van der Waals surface area contributed by atoms with Crippen LogP contribution < -0.4 is 10.1 Å². The molecule has 0 atom stereocenters. The third-order valence-electron chi connectivity index (χ3n) is 4.50. The van der Waals surface area contributed by atoms with Gasteiger partial charge in [0, 0.05) is 12.6 Å². The van der Waals surface area contributed by atoms with Crippen LogP contribution in [0.15, 0.2) is 60.3 Å². The minimum Gasteiger partial charge on any atom is -0.485 e. The first-order valence-electron chi connectivity index (χ1n) is 9.78. The van der Waals surface area contributed by atoms with Gasteiger partial charge < -0.3 is 10.1 Å². The predicted octanol–water partition coefficient (Wildman–Crippen LogP) is 4.30. The normalized spacial score (nSPS) is 10.6.